The van der Waals surface area contributed by atoms with Crippen molar-refractivity contribution in [3.05, 3.63) is 87.9 Å². The Morgan fingerprint density at radius 2 is 1.76 bits per heavy atom. The van der Waals surface area contributed by atoms with E-state index in [1.54, 1.807) is 30.3 Å². The van der Waals surface area contributed by atoms with Crippen molar-refractivity contribution in [3.8, 4) is 11.5 Å². The van der Waals surface area contributed by atoms with Crippen molar-refractivity contribution < 1.29 is 22.7 Å². The van der Waals surface area contributed by atoms with Crippen molar-refractivity contribution >= 4 is 38.1 Å². The van der Waals surface area contributed by atoms with Gasteiger partial charge in [0.05, 0.1) is 17.7 Å². The minimum absolute atomic E-state index is 0.0397. The minimum Gasteiger partial charge on any atom is -0.454 e. The lowest BCUT2D eigenvalue weighted by molar-refractivity contribution is -0.121. The first-order valence-corrected chi connectivity index (χ1v) is 12.6. The summed E-state index contributed by atoms with van der Waals surface area (Å²) in [5, 5.41) is 3.96. The quantitative estimate of drug-likeness (QED) is 0.344. The first-order chi connectivity index (χ1) is 16.3. The topological polar surface area (TPSA) is 97.3 Å². The predicted molar refractivity (Wildman–Crippen MR) is 131 cm³/mol. The Bertz CT molecular complexity index is 1310. The van der Waals surface area contributed by atoms with Crippen molar-refractivity contribution in [2.75, 3.05) is 13.3 Å². The van der Waals surface area contributed by atoms with Crippen LogP contribution in [0.3, 0.4) is 0 Å². The van der Waals surface area contributed by atoms with Crippen molar-refractivity contribution in [1.29, 1.82) is 0 Å². The second-order valence-corrected chi connectivity index (χ2v) is 10.5. The summed E-state index contributed by atoms with van der Waals surface area (Å²) in [4.78, 5) is 12.7. The first kappa shape index (κ1) is 23.9. The van der Waals surface area contributed by atoms with Gasteiger partial charge in [-0.15, -0.1) is 0 Å². The zero-order valence-electron chi connectivity index (χ0n) is 18.3. The predicted octanol–water partition coefficient (Wildman–Crippen LogP) is 3.83. The third kappa shape index (κ3) is 5.82. The van der Waals surface area contributed by atoms with Gasteiger partial charge >= 0.3 is 0 Å². The van der Waals surface area contributed by atoms with E-state index in [0.29, 0.717) is 17.1 Å². The summed E-state index contributed by atoms with van der Waals surface area (Å²) >= 11 is 3.31. The van der Waals surface area contributed by atoms with Gasteiger partial charge in [-0.3, -0.25) is 4.79 Å². The van der Waals surface area contributed by atoms with Crippen LogP contribution < -0.4 is 14.9 Å². The van der Waals surface area contributed by atoms with Crippen LogP contribution in [0, 0.1) is 6.92 Å². The lowest BCUT2D eigenvalue weighted by Gasteiger charge is -2.21. The highest BCUT2D eigenvalue weighted by atomic mass is 79.9. The number of hydrazone groups is 1. The van der Waals surface area contributed by atoms with Gasteiger partial charge in [0.15, 0.2) is 11.5 Å². The molecule has 10 heteroatoms. The smallest absolute Gasteiger partial charge is 0.255 e. The zero-order chi connectivity index (χ0) is 24.1. The Hall–Kier alpha value is -3.21. The number of halogens is 1. The number of aryl methyl sites for hydroxylation is 1. The molecule has 1 N–H and O–H groups in total. The maximum absolute atomic E-state index is 13.3. The van der Waals surface area contributed by atoms with Gasteiger partial charge in [-0.2, -0.15) is 9.41 Å². The van der Waals surface area contributed by atoms with Gasteiger partial charge in [0.25, 0.3) is 5.91 Å². The number of fused-ring (bicyclic) bond motifs is 1. The summed E-state index contributed by atoms with van der Waals surface area (Å²) in [5.41, 5.74) is 4.92. The van der Waals surface area contributed by atoms with E-state index >= 15 is 0 Å². The van der Waals surface area contributed by atoms with Gasteiger partial charge in [0.2, 0.25) is 16.8 Å². The standard InChI is InChI=1S/C24H22BrN3O5S/c1-17-2-4-18(5-3-17)14-28(34(30,31)21-9-7-20(25)8-10-21)15-24(29)27-26-13-19-6-11-22-23(12-19)33-16-32-22/h2-13H,14-16H2,1H3,(H,27,29)/b26-13-. The van der Waals surface area contributed by atoms with Crippen LogP contribution in [-0.4, -0.2) is 38.2 Å². The normalized spacial score (nSPS) is 12.9. The van der Waals surface area contributed by atoms with E-state index in [1.807, 2.05) is 31.2 Å². The van der Waals surface area contributed by atoms with Crippen LogP contribution >= 0.6 is 15.9 Å². The molecule has 1 aliphatic rings. The second kappa shape index (κ2) is 10.4. The van der Waals surface area contributed by atoms with E-state index in [9.17, 15) is 13.2 Å². The molecule has 34 heavy (non-hydrogen) atoms. The summed E-state index contributed by atoms with van der Waals surface area (Å²) in [6.45, 7) is 1.75. The maximum atomic E-state index is 13.3. The monoisotopic (exact) mass is 543 g/mol. The van der Waals surface area contributed by atoms with Crippen molar-refractivity contribution in [2.45, 2.75) is 18.4 Å². The summed E-state index contributed by atoms with van der Waals surface area (Å²) in [6.07, 6.45) is 1.45. The molecule has 0 aliphatic carbocycles. The lowest BCUT2D eigenvalue weighted by Crippen LogP contribution is -2.39. The van der Waals surface area contributed by atoms with E-state index < -0.39 is 22.5 Å². The number of sulfonamides is 1. The molecule has 1 amide bonds. The number of carbonyl (C=O) groups excluding carboxylic acids is 1. The molecule has 176 valence electrons. The van der Waals surface area contributed by atoms with Crippen LogP contribution in [0.5, 0.6) is 11.5 Å². The molecule has 3 aromatic rings. The number of ether oxygens (including phenoxy) is 2. The number of hydrogen-bond acceptors (Lipinski definition) is 6. The van der Waals surface area contributed by atoms with Crippen LogP contribution in [-0.2, 0) is 21.4 Å². The number of amides is 1. The number of benzene rings is 3. The number of rotatable bonds is 8. The van der Waals surface area contributed by atoms with Gasteiger partial charge in [0, 0.05) is 11.0 Å². The second-order valence-electron chi connectivity index (χ2n) is 7.62. The van der Waals surface area contributed by atoms with E-state index in [1.165, 1.54) is 18.3 Å². The van der Waals surface area contributed by atoms with Crippen molar-refractivity contribution in [2.24, 2.45) is 5.10 Å². The van der Waals surface area contributed by atoms with Gasteiger partial charge in [-0.05, 0) is 60.5 Å². The Balaban J connectivity index is 1.49. The molecule has 0 unspecified atom stereocenters. The van der Waals surface area contributed by atoms with Gasteiger partial charge in [0.1, 0.15) is 0 Å². The molecule has 1 aliphatic heterocycles. The molecule has 8 nitrogen and oxygen atoms in total. The molecule has 0 spiro atoms. The minimum atomic E-state index is -3.94. The van der Waals surface area contributed by atoms with Crippen LogP contribution in [0.25, 0.3) is 0 Å². The lowest BCUT2D eigenvalue weighted by atomic mass is 10.1. The molecule has 0 atom stereocenters. The molecule has 0 saturated heterocycles. The van der Waals surface area contributed by atoms with Crippen LogP contribution in [0.15, 0.2) is 81.2 Å². The largest absolute Gasteiger partial charge is 0.454 e. The summed E-state index contributed by atoms with van der Waals surface area (Å²) in [6, 6.07) is 19.0. The first-order valence-electron chi connectivity index (χ1n) is 10.3. The fourth-order valence-corrected chi connectivity index (χ4v) is 4.90. The molecule has 0 bridgehead atoms. The molecular weight excluding hydrogens is 522 g/mol. The van der Waals surface area contributed by atoms with Crippen LogP contribution in [0.4, 0.5) is 0 Å². The van der Waals surface area contributed by atoms with Crippen LogP contribution in [0.1, 0.15) is 16.7 Å². The molecule has 1 heterocycles. The highest BCUT2D eigenvalue weighted by molar-refractivity contribution is 9.10. The SMILES string of the molecule is Cc1ccc(CN(CC(=O)N/N=C\c2ccc3c(c2)OCO3)S(=O)(=O)c2ccc(Br)cc2)cc1. The molecule has 0 aromatic heterocycles. The van der Waals surface area contributed by atoms with E-state index in [0.717, 1.165) is 19.9 Å². The average molecular weight is 544 g/mol. The van der Waals surface area contributed by atoms with E-state index in [2.05, 4.69) is 26.5 Å². The molecule has 0 fully saturated rings. The van der Waals surface area contributed by atoms with E-state index in [4.69, 9.17) is 9.47 Å². The fourth-order valence-electron chi connectivity index (χ4n) is 3.25. The molecule has 4 rings (SSSR count). The zero-order valence-corrected chi connectivity index (χ0v) is 20.7. The Morgan fingerprint density at radius 1 is 1.06 bits per heavy atom. The summed E-state index contributed by atoms with van der Waals surface area (Å²) < 4.78 is 39.1. The molecule has 3 aromatic carbocycles. The fraction of sp³-hybridized carbons (Fsp3) is 0.167. The summed E-state index contributed by atoms with van der Waals surface area (Å²) in [7, 11) is -3.94. The highest BCUT2D eigenvalue weighted by Crippen LogP contribution is 2.32. The van der Waals surface area contributed by atoms with Gasteiger partial charge in [-0.1, -0.05) is 45.8 Å². The van der Waals surface area contributed by atoms with Crippen molar-refractivity contribution in [1.82, 2.24) is 9.73 Å². The number of nitrogens with one attached hydrogen (secondary N) is 1. The van der Waals surface area contributed by atoms with Crippen molar-refractivity contribution in [3.63, 3.8) is 0 Å². The average Bonchev–Trinajstić information content (AvgIpc) is 3.28. The number of nitrogens with zero attached hydrogens (tertiary/aromatic N) is 2. The Labute approximate surface area is 206 Å². The Morgan fingerprint density at radius 3 is 2.50 bits per heavy atom. The van der Waals surface area contributed by atoms with E-state index in [-0.39, 0.29) is 18.2 Å². The molecule has 0 saturated carbocycles. The Kier molecular flexibility index (Phi) is 7.30. The molecule has 0 radical (unpaired) electrons. The van der Waals surface area contributed by atoms with Gasteiger partial charge in [-0.25, -0.2) is 13.8 Å². The third-order valence-corrected chi connectivity index (χ3v) is 7.38. The van der Waals surface area contributed by atoms with Crippen LogP contribution in [0.2, 0.25) is 0 Å². The summed E-state index contributed by atoms with van der Waals surface area (Å²) in [5.74, 6) is 0.677. The van der Waals surface area contributed by atoms with Gasteiger partial charge < -0.3 is 9.47 Å². The highest BCUT2D eigenvalue weighted by Gasteiger charge is 2.27. The number of hydrogen-bond donors (Lipinski definition) is 1. The molecular formula is C24H22BrN3O5S. The maximum Gasteiger partial charge on any atom is 0.255 e. The third-order valence-electron chi connectivity index (χ3n) is 5.05. The number of carbonyl (C=O) groups is 1.